The highest BCUT2D eigenvalue weighted by Gasteiger charge is 2.34. The molecule has 0 radical (unpaired) electrons. The van der Waals surface area contributed by atoms with E-state index in [1.165, 1.54) is 0 Å². The SMILES string of the molecule is C1C[C@H]2OCO[C@H]2O1. The third kappa shape index (κ3) is 0.555. The molecule has 0 spiro atoms. The van der Waals surface area contributed by atoms with E-state index in [-0.39, 0.29) is 12.4 Å². The van der Waals surface area contributed by atoms with Crippen molar-refractivity contribution < 1.29 is 14.2 Å². The Hall–Kier alpha value is -0.120. The Kier molecular flexibility index (Phi) is 0.997. The van der Waals surface area contributed by atoms with Crippen LogP contribution in [0, 0.1) is 0 Å². The summed E-state index contributed by atoms with van der Waals surface area (Å²) in [4.78, 5) is 0. The van der Waals surface area contributed by atoms with Crippen molar-refractivity contribution in [1.82, 2.24) is 0 Å². The van der Waals surface area contributed by atoms with Crippen LogP contribution in [0.3, 0.4) is 0 Å². The number of hydrogen-bond donors (Lipinski definition) is 0. The van der Waals surface area contributed by atoms with E-state index in [1.807, 2.05) is 0 Å². The third-order valence-electron chi connectivity index (χ3n) is 1.50. The highest BCUT2D eigenvalue weighted by atomic mass is 16.8. The van der Waals surface area contributed by atoms with Crippen LogP contribution in [0.5, 0.6) is 0 Å². The number of hydrogen-bond acceptors (Lipinski definition) is 3. The van der Waals surface area contributed by atoms with Crippen LogP contribution in [0.25, 0.3) is 0 Å². The molecule has 2 atom stereocenters. The van der Waals surface area contributed by atoms with Gasteiger partial charge in [0, 0.05) is 6.42 Å². The topological polar surface area (TPSA) is 27.7 Å². The molecular weight excluding hydrogens is 108 g/mol. The molecule has 0 aromatic rings. The van der Waals surface area contributed by atoms with Gasteiger partial charge in [-0.05, 0) is 0 Å². The van der Waals surface area contributed by atoms with Crippen LogP contribution in [-0.4, -0.2) is 25.8 Å². The van der Waals surface area contributed by atoms with Gasteiger partial charge in [-0.25, -0.2) is 0 Å². The molecule has 0 aliphatic carbocycles. The summed E-state index contributed by atoms with van der Waals surface area (Å²) in [6, 6.07) is 0. The highest BCUT2D eigenvalue weighted by Crippen LogP contribution is 2.22. The summed E-state index contributed by atoms with van der Waals surface area (Å²) in [6.07, 6.45) is 1.18. The Labute approximate surface area is 47.5 Å². The molecule has 2 heterocycles. The first kappa shape index (κ1) is 4.73. The molecule has 0 aromatic carbocycles. The minimum atomic E-state index is -0.0463. The van der Waals surface area contributed by atoms with Crippen molar-refractivity contribution in [2.75, 3.05) is 13.4 Å². The lowest BCUT2D eigenvalue weighted by Crippen LogP contribution is -2.15. The van der Waals surface area contributed by atoms with Crippen molar-refractivity contribution in [2.24, 2.45) is 0 Å². The fourth-order valence-corrected chi connectivity index (χ4v) is 1.05. The van der Waals surface area contributed by atoms with Crippen LogP contribution in [0.1, 0.15) is 6.42 Å². The lowest BCUT2D eigenvalue weighted by Gasteiger charge is -2.01. The highest BCUT2D eigenvalue weighted by molar-refractivity contribution is 4.71. The number of ether oxygens (including phenoxy) is 3. The first-order valence-corrected chi connectivity index (χ1v) is 2.81. The van der Waals surface area contributed by atoms with Crippen LogP contribution >= 0.6 is 0 Å². The van der Waals surface area contributed by atoms with Gasteiger partial charge < -0.3 is 14.2 Å². The average molecular weight is 116 g/mol. The van der Waals surface area contributed by atoms with Gasteiger partial charge in [0.1, 0.15) is 6.10 Å². The van der Waals surface area contributed by atoms with Crippen LogP contribution in [0.15, 0.2) is 0 Å². The summed E-state index contributed by atoms with van der Waals surface area (Å²) in [5, 5.41) is 0. The van der Waals surface area contributed by atoms with Crippen molar-refractivity contribution in [3.63, 3.8) is 0 Å². The third-order valence-corrected chi connectivity index (χ3v) is 1.50. The monoisotopic (exact) mass is 116 g/mol. The van der Waals surface area contributed by atoms with Crippen molar-refractivity contribution in [3.8, 4) is 0 Å². The summed E-state index contributed by atoms with van der Waals surface area (Å²) in [5.41, 5.74) is 0. The van der Waals surface area contributed by atoms with Crippen molar-refractivity contribution >= 4 is 0 Å². The Balaban J connectivity index is 2.04. The molecule has 0 bridgehead atoms. The molecule has 8 heavy (non-hydrogen) atoms. The Morgan fingerprint density at radius 1 is 1.12 bits per heavy atom. The van der Waals surface area contributed by atoms with Gasteiger partial charge >= 0.3 is 0 Å². The lowest BCUT2D eigenvalue weighted by atomic mass is 10.3. The molecule has 0 N–H and O–H groups in total. The summed E-state index contributed by atoms with van der Waals surface area (Å²) in [5.74, 6) is 0. The molecular formula is C5H8O3. The fourth-order valence-electron chi connectivity index (χ4n) is 1.05. The van der Waals surface area contributed by atoms with E-state index >= 15 is 0 Å². The number of fused-ring (bicyclic) bond motifs is 1. The van der Waals surface area contributed by atoms with Gasteiger partial charge in [-0.1, -0.05) is 0 Å². The molecule has 0 aromatic heterocycles. The molecule has 0 amide bonds. The molecule has 2 aliphatic rings. The first-order valence-electron chi connectivity index (χ1n) is 2.81. The van der Waals surface area contributed by atoms with Crippen molar-refractivity contribution in [2.45, 2.75) is 18.8 Å². The molecule has 0 saturated carbocycles. The van der Waals surface area contributed by atoms with Crippen molar-refractivity contribution in [3.05, 3.63) is 0 Å². The Bertz CT molecular complexity index is 73.7. The van der Waals surface area contributed by atoms with Gasteiger partial charge in [0.25, 0.3) is 0 Å². The minimum absolute atomic E-state index is 0.0463. The summed E-state index contributed by atoms with van der Waals surface area (Å²) in [6.45, 7) is 1.20. The van der Waals surface area contributed by atoms with E-state index in [0.717, 1.165) is 13.0 Å². The molecule has 3 heteroatoms. The standard InChI is InChI=1S/C5H8O3/c1-2-6-5-4(1)7-3-8-5/h4-5H,1-3H2/t4-,5-/m1/s1. The normalized spacial score (nSPS) is 45.0. The van der Waals surface area contributed by atoms with Gasteiger partial charge in [-0.2, -0.15) is 0 Å². The Morgan fingerprint density at radius 2 is 2.12 bits per heavy atom. The lowest BCUT2D eigenvalue weighted by molar-refractivity contribution is -0.0885. The summed E-state index contributed by atoms with van der Waals surface area (Å²) >= 11 is 0. The molecule has 2 fully saturated rings. The predicted molar refractivity (Wildman–Crippen MR) is 25.2 cm³/mol. The summed E-state index contributed by atoms with van der Waals surface area (Å²) in [7, 11) is 0. The second-order valence-electron chi connectivity index (χ2n) is 2.02. The zero-order valence-electron chi connectivity index (χ0n) is 4.50. The maximum Gasteiger partial charge on any atom is 0.186 e. The largest absolute Gasteiger partial charge is 0.350 e. The van der Waals surface area contributed by atoms with E-state index in [0.29, 0.717) is 6.79 Å². The molecule has 2 aliphatic heterocycles. The van der Waals surface area contributed by atoms with E-state index in [1.54, 1.807) is 0 Å². The van der Waals surface area contributed by atoms with Gasteiger partial charge in [0.2, 0.25) is 0 Å². The smallest absolute Gasteiger partial charge is 0.186 e. The van der Waals surface area contributed by atoms with E-state index < -0.39 is 0 Å². The van der Waals surface area contributed by atoms with Gasteiger partial charge in [-0.15, -0.1) is 0 Å². The van der Waals surface area contributed by atoms with Gasteiger partial charge in [0.05, 0.1) is 6.61 Å². The van der Waals surface area contributed by atoms with E-state index in [2.05, 4.69) is 0 Å². The quantitative estimate of drug-likeness (QED) is 0.449. The second-order valence-corrected chi connectivity index (χ2v) is 2.02. The van der Waals surface area contributed by atoms with Crippen LogP contribution in [0.2, 0.25) is 0 Å². The Morgan fingerprint density at radius 3 is 3.00 bits per heavy atom. The molecule has 2 saturated heterocycles. The van der Waals surface area contributed by atoms with Crippen LogP contribution < -0.4 is 0 Å². The minimum Gasteiger partial charge on any atom is -0.350 e. The maximum absolute atomic E-state index is 5.13. The van der Waals surface area contributed by atoms with Crippen LogP contribution in [0.4, 0.5) is 0 Å². The average Bonchev–Trinajstić information content (AvgIpc) is 2.15. The first-order chi connectivity index (χ1) is 3.97. The summed E-state index contributed by atoms with van der Waals surface area (Å²) < 4.78 is 15.3. The maximum atomic E-state index is 5.13. The second kappa shape index (κ2) is 1.69. The van der Waals surface area contributed by atoms with Crippen molar-refractivity contribution in [1.29, 1.82) is 0 Å². The number of rotatable bonds is 0. The van der Waals surface area contributed by atoms with E-state index in [4.69, 9.17) is 14.2 Å². The predicted octanol–water partition coefficient (Wildman–Crippen LogP) is 0.106. The zero-order chi connectivity index (χ0) is 5.40. The van der Waals surface area contributed by atoms with E-state index in [9.17, 15) is 0 Å². The molecule has 3 nitrogen and oxygen atoms in total. The van der Waals surface area contributed by atoms with Gasteiger partial charge in [-0.3, -0.25) is 0 Å². The van der Waals surface area contributed by atoms with Crippen LogP contribution in [-0.2, 0) is 14.2 Å². The molecule has 46 valence electrons. The van der Waals surface area contributed by atoms with Gasteiger partial charge in [0.15, 0.2) is 13.1 Å². The zero-order valence-corrected chi connectivity index (χ0v) is 4.50. The molecule has 2 rings (SSSR count). The molecule has 0 unspecified atom stereocenters. The fraction of sp³-hybridized carbons (Fsp3) is 1.00.